The summed E-state index contributed by atoms with van der Waals surface area (Å²) < 4.78 is 0. The van der Waals surface area contributed by atoms with Gasteiger partial charge in [0.1, 0.15) is 0 Å². The summed E-state index contributed by atoms with van der Waals surface area (Å²) in [6.45, 7) is 2.76. The van der Waals surface area contributed by atoms with Crippen LogP contribution in [0.1, 0.15) is 17.0 Å². The summed E-state index contributed by atoms with van der Waals surface area (Å²) in [5, 5.41) is 3.14. The Kier molecular flexibility index (Phi) is 3.76. The van der Waals surface area contributed by atoms with Crippen molar-refractivity contribution in [2.75, 3.05) is 17.3 Å². The zero-order valence-electron chi connectivity index (χ0n) is 11.2. The summed E-state index contributed by atoms with van der Waals surface area (Å²) >= 11 is 7.31. The summed E-state index contributed by atoms with van der Waals surface area (Å²) in [5.41, 5.74) is 4.38. The van der Waals surface area contributed by atoms with E-state index in [0.717, 1.165) is 34.9 Å². The quantitative estimate of drug-likeness (QED) is 0.811. The summed E-state index contributed by atoms with van der Waals surface area (Å²) in [6.07, 6.45) is 1.30. The van der Waals surface area contributed by atoms with Gasteiger partial charge in [0.05, 0.1) is 10.7 Å². The van der Waals surface area contributed by atoms with Crippen LogP contribution < -0.4 is 4.90 Å². The van der Waals surface area contributed by atoms with E-state index in [2.05, 4.69) is 16.4 Å². The van der Waals surface area contributed by atoms with Crippen LogP contribution in [0, 0.1) is 6.92 Å². The number of amides is 1. The molecule has 0 N–H and O–H groups in total. The molecular weight excluding hydrogens is 292 g/mol. The Balaban J connectivity index is 1.90. The Morgan fingerprint density at radius 3 is 3.05 bits per heavy atom. The lowest BCUT2D eigenvalue weighted by Gasteiger charge is -2.16. The number of thiazole rings is 1. The molecule has 0 saturated carbocycles. The largest absolute Gasteiger partial charge is 0.312 e. The van der Waals surface area contributed by atoms with Crippen LogP contribution in [0.3, 0.4) is 0 Å². The van der Waals surface area contributed by atoms with Crippen LogP contribution in [-0.4, -0.2) is 23.3 Å². The molecule has 1 amide bonds. The van der Waals surface area contributed by atoms with Crippen LogP contribution >= 0.6 is 22.9 Å². The molecule has 0 atom stereocenters. The Bertz CT molecular complexity index is 653. The minimum Gasteiger partial charge on any atom is -0.312 e. The van der Waals surface area contributed by atoms with Gasteiger partial charge in [-0.3, -0.25) is 4.79 Å². The molecule has 1 aromatic carbocycles. The number of anilines is 1. The van der Waals surface area contributed by atoms with Crippen molar-refractivity contribution in [1.82, 2.24) is 4.98 Å². The molecule has 20 heavy (non-hydrogen) atoms. The zero-order chi connectivity index (χ0) is 14.1. The number of aromatic nitrogens is 1. The number of halogens is 1. The van der Waals surface area contributed by atoms with Gasteiger partial charge in [0.2, 0.25) is 5.91 Å². The highest BCUT2D eigenvalue weighted by atomic mass is 35.5. The van der Waals surface area contributed by atoms with E-state index < -0.39 is 0 Å². The summed E-state index contributed by atoms with van der Waals surface area (Å²) in [4.78, 5) is 18.3. The van der Waals surface area contributed by atoms with Gasteiger partial charge in [-0.05, 0) is 31.0 Å². The zero-order valence-corrected chi connectivity index (χ0v) is 12.8. The maximum absolute atomic E-state index is 12.0. The van der Waals surface area contributed by atoms with E-state index in [-0.39, 0.29) is 5.91 Å². The smallest absolute Gasteiger partial charge is 0.228 e. The van der Waals surface area contributed by atoms with Crippen molar-refractivity contribution in [3.8, 4) is 11.3 Å². The Labute approximate surface area is 127 Å². The van der Waals surface area contributed by atoms with Gasteiger partial charge in [-0.2, -0.15) is 0 Å². The number of hydrogen-bond acceptors (Lipinski definition) is 3. The monoisotopic (exact) mass is 306 g/mol. The topological polar surface area (TPSA) is 33.2 Å². The minimum atomic E-state index is 0.107. The molecule has 104 valence electrons. The first kappa shape index (κ1) is 13.6. The number of nitrogens with zero attached hydrogens (tertiary/aromatic N) is 2. The molecule has 1 aromatic heterocycles. The predicted octanol–water partition coefficient (Wildman–Crippen LogP) is 3.64. The molecule has 0 fully saturated rings. The number of aryl methyl sites for hydroxylation is 1. The van der Waals surface area contributed by atoms with Crippen molar-refractivity contribution < 1.29 is 4.79 Å². The first-order chi connectivity index (χ1) is 9.69. The third-order valence-corrected chi connectivity index (χ3v) is 4.46. The number of benzene rings is 1. The third-order valence-electron chi connectivity index (χ3n) is 3.50. The lowest BCUT2D eigenvalue weighted by Crippen LogP contribution is -2.28. The van der Waals surface area contributed by atoms with E-state index in [1.165, 1.54) is 5.56 Å². The highest BCUT2D eigenvalue weighted by Crippen LogP contribution is 2.33. The van der Waals surface area contributed by atoms with Gasteiger partial charge in [-0.1, -0.05) is 6.07 Å². The van der Waals surface area contributed by atoms with Gasteiger partial charge in [0, 0.05) is 35.5 Å². The predicted molar refractivity (Wildman–Crippen MR) is 83.7 cm³/mol. The van der Waals surface area contributed by atoms with Crippen LogP contribution in [0.15, 0.2) is 23.6 Å². The fourth-order valence-corrected chi connectivity index (χ4v) is 3.32. The SMILES string of the molecule is Cc1nc(-c2ccc3c(c2)CCN3C(=O)CCCl)cs1. The molecule has 2 aromatic rings. The van der Waals surface area contributed by atoms with Crippen molar-refractivity contribution in [2.45, 2.75) is 19.8 Å². The van der Waals surface area contributed by atoms with Gasteiger partial charge in [0.15, 0.2) is 0 Å². The number of alkyl halides is 1. The summed E-state index contributed by atoms with van der Waals surface area (Å²) in [6, 6.07) is 6.22. The van der Waals surface area contributed by atoms with E-state index in [4.69, 9.17) is 11.6 Å². The van der Waals surface area contributed by atoms with E-state index in [9.17, 15) is 4.79 Å². The Morgan fingerprint density at radius 1 is 1.50 bits per heavy atom. The summed E-state index contributed by atoms with van der Waals surface area (Å²) in [5.74, 6) is 0.483. The lowest BCUT2D eigenvalue weighted by atomic mass is 10.1. The molecule has 3 rings (SSSR count). The molecule has 0 spiro atoms. The highest BCUT2D eigenvalue weighted by molar-refractivity contribution is 7.09. The first-order valence-corrected chi connectivity index (χ1v) is 8.02. The summed E-state index contributed by atoms with van der Waals surface area (Å²) in [7, 11) is 0. The van der Waals surface area contributed by atoms with Crippen molar-refractivity contribution in [3.63, 3.8) is 0 Å². The fraction of sp³-hybridized carbons (Fsp3) is 0.333. The van der Waals surface area contributed by atoms with Crippen LogP contribution in [0.5, 0.6) is 0 Å². The number of carbonyl (C=O) groups excluding carboxylic acids is 1. The second-order valence-corrected chi connectivity index (χ2v) is 6.27. The van der Waals surface area contributed by atoms with Gasteiger partial charge in [-0.15, -0.1) is 22.9 Å². The van der Waals surface area contributed by atoms with Gasteiger partial charge >= 0.3 is 0 Å². The molecule has 0 radical (unpaired) electrons. The standard InChI is InChI=1S/C15H15ClN2OS/c1-10-17-13(9-20-10)11-2-3-14-12(8-11)5-7-18(14)15(19)4-6-16/h2-3,8-9H,4-7H2,1H3. The molecule has 0 bridgehead atoms. The molecule has 1 aliphatic heterocycles. The van der Waals surface area contributed by atoms with E-state index in [0.29, 0.717) is 12.3 Å². The molecule has 3 nitrogen and oxygen atoms in total. The van der Waals surface area contributed by atoms with E-state index in [1.54, 1.807) is 11.3 Å². The van der Waals surface area contributed by atoms with Crippen molar-refractivity contribution in [2.24, 2.45) is 0 Å². The highest BCUT2D eigenvalue weighted by Gasteiger charge is 2.24. The van der Waals surface area contributed by atoms with Crippen molar-refractivity contribution >= 4 is 34.5 Å². The van der Waals surface area contributed by atoms with Crippen LogP contribution in [-0.2, 0) is 11.2 Å². The molecule has 2 heterocycles. The molecule has 0 aliphatic carbocycles. The molecule has 5 heteroatoms. The average Bonchev–Trinajstić information content (AvgIpc) is 3.04. The maximum Gasteiger partial charge on any atom is 0.228 e. The Morgan fingerprint density at radius 2 is 2.35 bits per heavy atom. The Hall–Kier alpha value is -1.39. The molecule has 0 saturated heterocycles. The van der Waals surface area contributed by atoms with Gasteiger partial charge in [-0.25, -0.2) is 4.98 Å². The van der Waals surface area contributed by atoms with Crippen LogP contribution in [0.4, 0.5) is 5.69 Å². The third kappa shape index (κ3) is 2.45. The maximum atomic E-state index is 12.0. The number of rotatable bonds is 3. The molecule has 1 aliphatic rings. The van der Waals surface area contributed by atoms with Gasteiger partial charge < -0.3 is 4.90 Å². The van der Waals surface area contributed by atoms with E-state index >= 15 is 0 Å². The second kappa shape index (κ2) is 5.54. The van der Waals surface area contributed by atoms with Crippen LogP contribution in [0.25, 0.3) is 11.3 Å². The van der Waals surface area contributed by atoms with Crippen molar-refractivity contribution in [1.29, 1.82) is 0 Å². The number of carbonyl (C=O) groups is 1. The second-order valence-electron chi connectivity index (χ2n) is 4.83. The molecular formula is C15H15ClN2OS. The average molecular weight is 307 g/mol. The van der Waals surface area contributed by atoms with Crippen molar-refractivity contribution in [3.05, 3.63) is 34.2 Å². The fourth-order valence-electron chi connectivity index (χ4n) is 2.53. The minimum absolute atomic E-state index is 0.107. The number of hydrogen-bond donors (Lipinski definition) is 0. The van der Waals surface area contributed by atoms with Gasteiger partial charge in [0.25, 0.3) is 0 Å². The van der Waals surface area contributed by atoms with Crippen LogP contribution in [0.2, 0.25) is 0 Å². The first-order valence-electron chi connectivity index (χ1n) is 6.61. The molecule has 0 unspecified atom stereocenters. The lowest BCUT2D eigenvalue weighted by molar-refractivity contribution is -0.118. The van der Waals surface area contributed by atoms with E-state index in [1.807, 2.05) is 24.0 Å². The number of fused-ring (bicyclic) bond motifs is 1. The normalized spacial score (nSPS) is 13.6.